The molecule has 0 aliphatic carbocycles. The van der Waals surface area contributed by atoms with Crippen LogP contribution in [-0.4, -0.2) is 18.3 Å². The summed E-state index contributed by atoms with van der Waals surface area (Å²) < 4.78 is 0. The third-order valence-corrected chi connectivity index (χ3v) is 4.90. The number of fused-ring (bicyclic) bond motifs is 1. The van der Waals surface area contributed by atoms with Crippen LogP contribution < -0.4 is 5.32 Å². The lowest BCUT2D eigenvalue weighted by atomic mass is 9.96. The van der Waals surface area contributed by atoms with Gasteiger partial charge in [-0.05, 0) is 43.4 Å². The van der Waals surface area contributed by atoms with E-state index in [4.69, 9.17) is 0 Å². The first-order valence-electron chi connectivity index (χ1n) is 6.40. The van der Waals surface area contributed by atoms with Crippen molar-refractivity contribution in [3.63, 3.8) is 0 Å². The normalized spacial score (nSPS) is 24.4. The molecule has 86 valence electrons. The number of piperidine rings is 1. The fourth-order valence-corrected chi connectivity index (χ4v) is 4.03. The molecule has 0 amide bonds. The molecular weight excluding hydrogens is 214 g/mol. The highest BCUT2D eigenvalue weighted by Gasteiger charge is 2.19. The first-order chi connectivity index (χ1) is 7.93. The van der Waals surface area contributed by atoms with Crippen molar-refractivity contribution in [2.45, 2.75) is 43.0 Å². The fourth-order valence-electron chi connectivity index (χ4n) is 2.81. The van der Waals surface area contributed by atoms with E-state index in [1.54, 1.807) is 16.0 Å². The van der Waals surface area contributed by atoms with Crippen LogP contribution in [0.15, 0.2) is 23.1 Å². The van der Waals surface area contributed by atoms with Crippen LogP contribution in [0.4, 0.5) is 0 Å². The van der Waals surface area contributed by atoms with Crippen molar-refractivity contribution in [2.24, 2.45) is 0 Å². The molecule has 0 spiro atoms. The second-order valence-corrected chi connectivity index (χ2v) is 5.96. The minimum absolute atomic E-state index is 0.724. The van der Waals surface area contributed by atoms with Gasteiger partial charge in [-0.15, -0.1) is 11.8 Å². The van der Waals surface area contributed by atoms with E-state index in [9.17, 15) is 0 Å². The molecule has 1 N–H and O–H groups in total. The monoisotopic (exact) mass is 233 g/mol. The molecule has 1 aromatic rings. The molecule has 2 aliphatic rings. The highest BCUT2D eigenvalue weighted by atomic mass is 32.2. The van der Waals surface area contributed by atoms with Gasteiger partial charge < -0.3 is 5.32 Å². The van der Waals surface area contributed by atoms with Gasteiger partial charge in [0.1, 0.15) is 0 Å². The number of aryl methyl sites for hydroxylation is 1. The third kappa shape index (κ3) is 2.14. The molecule has 1 fully saturated rings. The van der Waals surface area contributed by atoms with Gasteiger partial charge in [0.2, 0.25) is 0 Å². The molecule has 2 heteroatoms. The Bertz CT molecular complexity index is 369. The first-order valence-corrected chi connectivity index (χ1v) is 7.39. The zero-order valence-electron chi connectivity index (χ0n) is 9.67. The Balaban J connectivity index is 1.76. The average Bonchev–Trinajstić information content (AvgIpc) is 2.80. The van der Waals surface area contributed by atoms with Crippen LogP contribution in [0.2, 0.25) is 0 Å². The number of benzene rings is 1. The summed E-state index contributed by atoms with van der Waals surface area (Å²) in [4.78, 5) is 1.59. The lowest BCUT2D eigenvalue weighted by Crippen LogP contribution is -2.35. The maximum Gasteiger partial charge on any atom is 0.0137 e. The molecule has 0 bridgehead atoms. The van der Waals surface area contributed by atoms with Gasteiger partial charge in [-0.2, -0.15) is 0 Å². The quantitative estimate of drug-likeness (QED) is 0.842. The summed E-state index contributed by atoms with van der Waals surface area (Å²) >= 11 is 2.06. The van der Waals surface area contributed by atoms with Crippen molar-refractivity contribution in [1.82, 2.24) is 5.32 Å². The fraction of sp³-hybridized carbons (Fsp3) is 0.571. The molecule has 0 aromatic heterocycles. The summed E-state index contributed by atoms with van der Waals surface area (Å²) in [5.41, 5.74) is 3.16. The van der Waals surface area contributed by atoms with Gasteiger partial charge in [0.05, 0.1) is 0 Å². The van der Waals surface area contributed by atoms with Crippen LogP contribution in [0.5, 0.6) is 0 Å². The second-order valence-electron chi connectivity index (χ2n) is 4.85. The Morgan fingerprint density at radius 3 is 3.19 bits per heavy atom. The summed E-state index contributed by atoms with van der Waals surface area (Å²) in [5.74, 6) is 1.28. The van der Waals surface area contributed by atoms with Crippen LogP contribution in [0.25, 0.3) is 0 Å². The molecule has 2 heterocycles. The van der Waals surface area contributed by atoms with E-state index in [1.807, 2.05) is 0 Å². The van der Waals surface area contributed by atoms with Crippen LogP contribution in [-0.2, 0) is 12.8 Å². The highest BCUT2D eigenvalue weighted by molar-refractivity contribution is 7.99. The van der Waals surface area contributed by atoms with Gasteiger partial charge in [-0.3, -0.25) is 0 Å². The van der Waals surface area contributed by atoms with E-state index in [0.717, 1.165) is 6.04 Å². The van der Waals surface area contributed by atoms with Crippen molar-refractivity contribution in [1.29, 1.82) is 0 Å². The van der Waals surface area contributed by atoms with E-state index >= 15 is 0 Å². The Hall–Kier alpha value is -0.470. The number of nitrogens with one attached hydrogen (secondary N) is 1. The van der Waals surface area contributed by atoms with Crippen molar-refractivity contribution >= 4 is 11.8 Å². The number of hydrogen-bond donors (Lipinski definition) is 1. The molecule has 1 aromatic carbocycles. The van der Waals surface area contributed by atoms with E-state index < -0.39 is 0 Å². The van der Waals surface area contributed by atoms with Gasteiger partial charge in [-0.25, -0.2) is 0 Å². The second kappa shape index (κ2) is 4.80. The third-order valence-electron chi connectivity index (χ3n) is 3.67. The van der Waals surface area contributed by atoms with E-state index in [0.29, 0.717) is 0 Å². The van der Waals surface area contributed by atoms with Crippen LogP contribution in [0.1, 0.15) is 30.4 Å². The maximum atomic E-state index is 3.65. The summed E-state index contributed by atoms with van der Waals surface area (Å²) in [6, 6.07) is 7.59. The smallest absolute Gasteiger partial charge is 0.0137 e. The molecule has 1 unspecified atom stereocenters. The van der Waals surface area contributed by atoms with E-state index in [-0.39, 0.29) is 0 Å². The van der Waals surface area contributed by atoms with Crippen LogP contribution in [0, 0.1) is 0 Å². The molecule has 16 heavy (non-hydrogen) atoms. The molecular formula is C14H19NS. The minimum atomic E-state index is 0.724. The Kier molecular flexibility index (Phi) is 3.20. The molecule has 3 rings (SSSR count). The Morgan fingerprint density at radius 2 is 2.31 bits per heavy atom. The lowest BCUT2D eigenvalue weighted by Gasteiger charge is -2.24. The minimum Gasteiger partial charge on any atom is -0.314 e. The summed E-state index contributed by atoms with van der Waals surface area (Å²) in [5, 5.41) is 3.65. The average molecular weight is 233 g/mol. The largest absolute Gasteiger partial charge is 0.314 e. The first kappa shape index (κ1) is 10.7. The predicted octanol–water partition coefficient (Wildman–Crippen LogP) is 3.02. The van der Waals surface area contributed by atoms with Crippen molar-refractivity contribution in [2.75, 3.05) is 12.3 Å². The molecule has 1 saturated heterocycles. The van der Waals surface area contributed by atoms with E-state index in [2.05, 4.69) is 35.3 Å². The highest BCUT2D eigenvalue weighted by Crippen LogP contribution is 2.35. The van der Waals surface area contributed by atoms with Crippen molar-refractivity contribution in [3.8, 4) is 0 Å². The van der Waals surface area contributed by atoms with Crippen molar-refractivity contribution < 1.29 is 0 Å². The molecule has 1 nitrogen and oxygen atoms in total. The standard InChI is InChI=1S/C14H19NS/c1-2-8-15-13(6-1)10-12-5-3-4-11-7-9-16-14(11)12/h3-5,13,15H,1-2,6-10H2. The van der Waals surface area contributed by atoms with Crippen molar-refractivity contribution in [3.05, 3.63) is 29.3 Å². The SMILES string of the molecule is c1cc2c(c(CC3CCCCN3)c1)SCC2. The van der Waals surface area contributed by atoms with Gasteiger partial charge in [0, 0.05) is 16.7 Å². The van der Waals surface area contributed by atoms with Crippen LogP contribution >= 0.6 is 11.8 Å². The Morgan fingerprint density at radius 1 is 1.31 bits per heavy atom. The van der Waals surface area contributed by atoms with Gasteiger partial charge in [-0.1, -0.05) is 24.6 Å². The zero-order valence-corrected chi connectivity index (χ0v) is 10.5. The molecule has 0 radical (unpaired) electrons. The van der Waals surface area contributed by atoms with Gasteiger partial charge in [0.15, 0.2) is 0 Å². The summed E-state index contributed by atoms with van der Waals surface area (Å²) in [6.07, 6.45) is 6.62. The molecule has 0 saturated carbocycles. The number of thioether (sulfide) groups is 1. The summed E-state index contributed by atoms with van der Waals surface area (Å²) in [7, 11) is 0. The number of rotatable bonds is 2. The molecule has 1 atom stereocenters. The molecule has 2 aliphatic heterocycles. The number of hydrogen-bond acceptors (Lipinski definition) is 2. The lowest BCUT2D eigenvalue weighted by molar-refractivity contribution is 0.398. The topological polar surface area (TPSA) is 12.0 Å². The summed E-state index contributed by atoms with van der Waals surface area (Å²) in [6.45, 7) is 1.22. The van der Waals surface area contributed by atoms with Gasteiger partial charge >= 0.3 is 0 Å². The van der Waals surface area contributed by atoms with Crippen LogP contribution in [0.3, 0.4) is 0 Å². The van der Waals surface area contributed by atoms with E-state index in [1.165, 1.54) is 44.4 Å². The Labute approximate surface area is 102 Å². The predicted molar refractivity (Wildman–Crippen MR) is 70.2 cm³/mol. The maximum absolute atomic E-state index is 3.65. The van der Waals surface area contributed by atoms with Gasteiger partial charge in [0.25, 0.3) is 0 Å². The zero-order chi connectivity index (χ0) is 10.8.